The number of nitrogens with zero attached hydrogens (tertiary/aromatic N) is 5. The second-order valence-corrected chi connectivity index (χ2v) is 9.14. The highest BCUT2D eigenvalue weighted by atomic mass is 35.5. The van der Waals surface area contributed by atoms with Crippen molar-refractivity contribution in [2.45, 2.75) is 31.9 Å². The van der Waals surface area contributed by atoms with Crippen LogP contribution in [0.15, 0.2) is 43.0 Å². The number of aromatic nitrogens is 5. The van der Waals surface area contributed by atoms with Crippen molar-refractivity contribution >= 4 is 40.1 Å². The molecule has 0 radical (unpaired) electrons. The zero-order valence-electron chi connectivity index (χ0n) is 18.4. The molecule has 11 heteroatoms. The van der Waals surface area contributed by atoms with Gasteiger partial charge in [-0.25, -0.2) is 4.79 Å². The second-order valence-electron chi connectivity index (χ2n) is 8.32. The number of ether oxygens (including phenoxy) is 1. The van der Waals surface area contributed by atoms with Crippen LogP contribution in [0, 0.1) is 0 Å². The van der Waals surface area contributed by atoms with Crippen molar-refractivity contribution in [1.29, 1.82) is 0 Å². The van der Waals surface area contributed by atoms with Crippen LogP contribution in [0.5, 0.6) is 5.75 Å². The molecule has 0 spiro atoms. The zero-order valence-corrected chi connectivity index (χ0v) is 19.9. The van der Waals surface area contributed by atoms with E-state index in [1.807, 2.05) is 42.2 Å². The normalized spacial score (nSPS) is 15.6. The summed E-state index contributed by atoms with van der Waals surface area (Å²) in [5, 5.41) is 14.0. The lowest BCUT2D eigenvalue weighted by atomic mass is 10.1. The lowest BCUT2D eigenvalue weighted by molar-refractivity contribution is 0.177. The van der Waals surface area contributed by atoms with Crippen molar-refractivity contribution in [3.8, 4) is 17.0 Å². The van der Waals surface area contributed by atoms with Crippen LogP contribution in [-0.2, 0) is 0 Å². The number of hydrogen-bond acceptors (Lipinski definition) is 5. The topological polar surface area (TPSA) is 115 Å². The van der Waals surface area contributed by atoms with Crippen molar-refractivity contribution in [1.82, 2.24) is 29.9 Å². The predicted molar refractivity (Wildman–Crippen MR) is 130 cm³/mol. The number of nitrogens with one attached hydrogen (secondary N) is 1. The molecule has 4 heterocycles. The molecule has 3 aromatic heterocycles. The van der Waals surface area contributed by atoms with E-state index in [-0.39, 0.29) is 18.2 Å². The van der Waals surface area contributed by atoms with Gasteiger partial charge in [-0.1, -0.05) is 23.2 Å². The van der Waals surface area contributed by atoms with Crippen LogP contribution in [0.2, 0.25) is 10.0 Å². The average molecular weight is 500 g/mol. The number of nitrogens with two attached hydrogens (primary N) is 1. The SMILES string of the molecule is C[C@@H](Oc1ccc2[nH]nc(-c3cnn(C4CCN(C(N)=O)CC4)c3)c2c1)c1c(Cl)cncc1Cl. The number of benzene rings is 1. The van der Waals surface area contributed by atoms with E-state index in [4.69, 9.17) is 33.7 Å². The van der Waals surface area contributed by atoms with E-state index in [1.54, 1.807) is 17.3 Å². The van der Waals surface area contributed by atoms with Crippen LogP contribution in [0.1, 0.15) is 37.5 Å². The number of aromatic amines is 1. The van der Waals surface area contributed by atoms with Gasteiger partial charge in [0.15, 0.2) is 0 Å². The number of amides is 2. The number of H-pyrrole nitrogens is 1. The highest BCUT2D eigenvalue weighted by Crippen LogP contribution is 2.35. The van der Waals surface area contributed by atoms with Crippen molar-refractivity contribution in [2.24, 2.45) is 5.73 Å². The van der Waals surface area contributed by atoms with E-state index < -0.39 is 0 Å². The van der Waals surface area contributed by atoms with E-state index in [0.717, 1.165) is 35.0 Å². The van der Waals surface area contributed by atoms with Gasteiger partial charge in [-0.15, -0.1) is 0 Å². The molecule has 9 nitrogen and oxygen atoms in total. The van der Waals surface area contributed by atoms with Crippen LogP contribution in [0.25, 0.3) is 22.2 Å². The maximum atomic E-state index is 11.4. The molecule has 0 bridgehead atoms. The zero-order chi connectivity index (χ0) is 23.8. The van der Waals surface area contributed by atoms with Gasteiger partial charge in [0.1, 0.15) is 17.5 Å². The highest BCUT2D eigenvalue weighted by molar-refractivity contribution is 6.35. The molecule has 34 heavy (non-hydrogen) atoms. The van der Waals surface area contributed by atoms with Gasteiger partial charge in [0.2, 0.25) is 0 Å². The molecule has 3 N–H and O–H groups in total. The number of halogens is 2. The quantitative estimate of drug-likeness (QED) is 0.401. The van der Waals surface area contributed by atoms with Crippen molar-refractivity contribution in [3.05, 3.63) is 58.6 Å². The minimum atomic E-state index is -0.372. The van der Waals surface area contributed by atoms with Crippen LogP contribution >= 0.6 is 23.2 Å². The molecular weight excluding hydrogens is 477 g/mol. The van der Waals surface area contributed by atoms with Crippen LogP contribution < -0.4 is 10.5 Å². The Hall–Kier alpha value is -3.30. The third-order valence-corrected chi connectivity index (χ3v) is 6.77. The summed E-state index contributed by atoms with van der Waals surface area (Å²) >= 11 is 12.6. The number of hydrogen-bond donors (Lipinski definition) is 2. The van der Waals surface area contributed by atoms with Gasteiger partial charge in [0.25, 0.3) is 0 Å². The van der Waals surface area contributed by atoms with Crippen molar-refractivity contribution in [2.75, 3.05) is 13.1 Å². The molecule has 1 aromatic carbocycles. The second kappa shape index (κ2) is 9.15. The first-order chi connectivity index (χ1) is 16.4. The van der Waals surface area contributed by atoms with Crippen molar-refractivity contribution < 1.29 is 9.53 Å². The van der Waals surface area contributed by atoms with E-state index in [9.17, 15) is 4.79 Å². The molecule has 5 rings (SSSR count). The van der Waals surface area contributed by atoms with Crippen LogP contribution in [-0.4, -0.2) is 49.0 Å². The Morgan fingerprint density at radius 2 is 1.94 bits per heavy atom. The maximum Gasteiger partial charge on any atom is 0.314 e. The number of fused-ring (bicyclic) bond motifs is 1. The summed E-state index contributed by atoms with van der Waals surface area (Å²) in [5.41, 5.74) is 8.65. The van der Waals surface area contributed by atoms with Crippen LogP contribution in [0.3, 0.4) is 0 Å². The minimum Gasteiger partial charge on any atom is -0.486 e. The van der Waals surface area contributed by atoms with E-state index in [2.05, 4.69) is 20.3 Å². The molecule has 1 aliphatic heterocycles. The third kappa shape index (κ3) is 4.28. The van der Waals surface area contributed by atoms with E-state index >= 15 is 0 Å². The number of primary amides is 1. The molecule has 1 fully saturated rings. The number of carbonyl (C=O) groups excluding carboxylic acids is 1. The Kier molecular flexibility index (Phi) is 6.05. The summed E-state index contributed by atoms with van der Waals surface area (Å²) in [7, 11) is 0. The number of likely N-dealkylation sites (tertiary alicyclic amines) is 1. The summed E-state index contributed by atoms with van der Waals surface area (Å²) < 4.78 is 8.11. The smallest absolute Gasteiger partial charge is 0.314 e. The van der Waals surface area contributed by atoms with E-state index in [1.165, 1.54) is 0 Å². The fourth-order valence-electron chi connectivity index (χ4n) is 4.37. The Balaban J connectivity index is 1.37. The first-order valence-corrected chi connectivity index (χ1v) is 11.7. The first-order valence-electron chi connectivity index (χ1n) is 10.9. The van der Waals surface area contributed by atoms with Gasteiger partial charge in [-0.3, -0.25) is 14.8 Å². The number of rotatable bonds is 5. The number of carbonyl (C=O) groups is 1. The van der Waals surface area contributed by atoms with E-state index in [0.29, 0.717) is 34.4 Å². The molecule has 1 aliphatic rings. The Bertz CT molecular complexity index is 1320. The monoisotopic (exact) mass is 499 g/mol. The standard InChI is InChI=1S/C23H23Cl2N7O2/c1-13(21-18(24)10-27-11-19(21)25)34-16-2-3-20-17(8-16)22(30-29-20)14-9-28-32(12-14)15-4-6-31(7-5-15)23(26)33/h2-3,8-13,15H,4-7H2,1H3,(H2,26,33)(H,29,30)/t13-/m1/s1. The van der Waals surface area contributed by atoms with Gasteiger partial charge in [-0.05, 0) is 38.0 Å². The summed E-state index contributed by atoms with van der Waals surface area (Å²) in [6.45, 7) is 3.15. The van der Waals surface area contributed by atoms with Crippen LogP contribution in [0.4, 0.5) is 4.79 Å². The minimum absolute atomic E-state index is 0.212. The molecule has 2 amide bonds. The first kappa shape index (κ1) is 22.5. The highest BCUT2D eigenvalue weighted by Gasteiger charge is 2.24. The van der Waals surface area contributed by atoms with Gasteiger partial charge in [0, 0.05) is 48.2 Å². The Labute approximate surface area is 205 Å². The van der Waals surface area contributed by atoms with Gasteiger partial charge >= 0.3 is 6.03 Å². The molecule has 0 unspecified atom stereocenters. The summed E-state index contributed by atoms with van der Waals surface area (Å²) in [5.74, 6) is 0.665. The molecule has 1 saturated heterocycles. The predicted octanol–water partition coefficient (Wildman–Crippen LogP) is 4.98. The lowest BCUT2D eigenvalue weighted by Gasteiger charge is -2.30. The molecule has 1 atom stereocenters. The van der Waals surface area contributed by atoms with Gasteiger partial charge in [0.05, 0.1) is 27.8 Å². The maximum absolute atomic E-state index is 11.4. The molecular formula is C23H23Cl2N7O2. The largest absolute Gasteiger partial charge is 0.486 e. The summed E-state index contributed by atoms with van der Waals surface area (Å²) in [6, 6.07) is 5.58. The molecule has 176 valence electrons. The third-order valence-electron chi connectivity index (χ3n) is 6.17. The molecule has 4 aromatic rings. The lowest BCUT2D eigenvalue weighted by Crippen LogP contribution is -2.42. The van der Waals surface area contributed by atoms with Gasteiger partial charge < -0.3 is 15.4 Å². The number of pyridine rings is 1. The Morgan fingerprint density at radius 1 is 1.21 bits per heavy atom. The van der Waals surface area contributed by atoms with Gasteiger partial charge in [-0.2, -0.15) is 10.2 Å². The number of urea groups is 1. The summed E-state index contributed by atoms with van der Waals surface area (Å²) in [6.07, 6.45) is 8.15. The van der Waals surface area contributed by atoms with Crippen molar-refractivity contribution in [3.63, 3.8) is 0 Å². The number of piperidine rings is 1. The fraction of sp³-hybridized carbons (Fsp3) is 0.304. The average Bonchev–Trinajstić information content (AvgIpc) is 3.46. The summed E-state index contributed by atoms with van der Waals surface area (Å²) in [4.78, 5) is 17.0. The Morgan fingerprint density at radius 3 is 2.65 bits per heavy atom. The fourth-order valence-corrected chi connectivity index (χ4v) is 5.04. The molecule has 0 saturated carbocycles. The molecule has 0 aliphatic carbocycles.